The summed E-state index contributed by atoms with van der Waals surface area (Å²) in [7, 11) is 1.85. The molecule has 1 aromatic rings. The van der Waals surface area contributed by atoms with Gasteiger partial charge in [-0.2, -0.15) is 4.98 Å². The summed E-state index contributed by atoms with van der Waals surface area (Å²) in [5.74, 6) is 0. The Morgan fingerprint density at radius 2 is 2.13 bits per heavy atom. The van der Waals surface area contributed by atoms with Crippen LogP contribution < -0.4 is 10.3 Å². The zero-order valence-corrected chi connectivity index (χ0v) is 9.19. The zero-order chi connectivity index (χ0) is 10.8. The van der Waals surface area contributed by atoms with Crippen LogP contribution in [0.15, 0.2) is 11.0 Å². The van der Waals surface area contributed by atoms with E-state index in [1.54, 1.807) is 17.7 Å². The first kappa shape index (κ1) is 10.2. The minimum Gasteiger partial charge on any atom is -0.461 e. The summed E-state index contributed by atoms with van der Waals surface area (Å²) in [5, 5.41) is 0. The molecule has 2 rings (SSSR count). The molecule has 0 aliphatic heterocycles. The van der Waals surface area contributed by atoms with Crippen molar-refractivity contribution in [1.82, 2.24) is 9.55 Å². The van der Waals surface area contributed by atoms with Crippen LogP contribution in [0.4, 0.5) is 0 Å². The number of ether oxygens (including phenoxy) is 1. The predicted molar refractivity (Wildman–Crippen MR) is 57.1 cm³/mol. The SMILES string of the molecule is Cc1cn(C)c(OC2CCCC2)nc1=O. The molecule has 1 aliphatic rings. The summed E-state index contributed by atoms with van der Waals surface area (Å²) in [6.07, 6.45) is 6.58. The summed E-state index contributed by atoms with van der Waals surface area (Å²) in [6.45, 7) is 1.76. The highest BCUT2D eigenvalue weighted by molar-refractivity contribution is 5.08. The fourth-order valence-corrected chi connectivity index (χ4v) is 1.92. The molecule has 4 heteroatoms. The molecule has 1 aliphatic carbocycles. The van der Waals surface area contributed by atoms with Crippen LogP contribution in [-0.2, 0) is 7.05 Å². The van der Waals surface area contributed by atoms with Gasteiger partial charge in [-0.15, -0.1) is 0 Å². The Balaban J connectivity index is 2.20. The maximum Gasteiger partial charge on any atom is 0.299 e. The molecule has 1 aromatic heterocycles. The van der Waals surface area contributed by atoms with Gasteiger partial charge in [0.25, 0.3) is 11.6 Å². The van der Waals surface area contributed by atoms with Crippen molar-refractivity contribution in [2.45, 2.75) is 38.7 Å². The van der Waals surface area contributed by atoms with Crippen LogP contribution in [0.25, 0.3) is 0 Å². The standard InChI is InChI=1S/C11H16N2O2/c1-8-7-13(2)11(12-10(8)14)15-9-5-3-4-6-9/h7,9H,3-6H2,1-2H3. The van der Waals surface area contributed by atoms with E-state index < -0.39 is 0 Å². The highest BCUT2D eigenvalue weighted by Crippen LogP contribution is 2.22. The molecular formula is C11H16N2O2. The molecule has 0 atom stereocenters. The summed E-state index contributed by atoms with van der Waals surface area (Å²) in [4.78, 5) is 15.3. The Hall–Kier alpha value is -1.32. The first-order chi connectivity index (χ1) is 7.16. The van der Waals surface area contributed by atoms with Gasteiger partial charge in [0.15, 0.2) is 0 Å². The van der Waals surface area contributed by atoms with E-state index in [2.05, 4.69) is 4.98 Å². The number of aromatic nitrogens is 2. The molecular weight excluding hydrogens is 192 g/mol. The fourth-order valence-electron chi connectivity index (χ4n) is 1.92. The summed E-state index contributed by atoms with van der Waals surface area (Å²) < 4.78 is 7.47. The molecule has 0 bridgehead atoms. The largest absolute Gasteiger partial charge is 0.461 e. The monoisotopic (exact) mass is 208 g/mol. The number of nitrogens with zero attached hydrogens (tertiary/aromatic N) is 2. The minimum absolute atomic E-state index is 0.193. The van der Waals surface area contributed by atoms with E-state index >= 15 is 0 Å². The van der Waals surface area contributed by atoms with Crippen LogP contribution in [0.2, 0.25) is 0 Å². The Morgan fingerprint density at radius 1 is 1.47 bits per heavy atom. The lowest BCUT2D eigenvalue weighted by molar-refractivity contribution is 0.183. The highest BCUT2D eigenvalue weighted by atomic mass is 16.5. The predicted octanol–water partition coefficient (Wildman–Crippen LogP) is 1.41. The third-order valence-electron chi connectivity index (χ3n) is 2.80. The van der Waals surface area contributed by atoms with E-state index in [0.29, 0.717) is 11.6 Å². The van der Waals surface area contributed by atoms with Crippen molar-refractivity contribution in [2.75, 3.05) is 0 Å². The van der Waals surface area contributed by atoms with Crippen molar-refractivity contribution in [3.63, 3.8) is 0 Å². The molecule has 0 aromatic carbocycles. The molecule has 0 amide bonds. The summed E-state index contributed by atoms with van der Waals surface area (Å²) in [6, 6.07) is 0.442. The van der Waals surface area contributed by atoms with Crippen molar-refractivity contribution >= 4 is 0 Å². The first-order valence-corrected chi connectivity index (χ1v) is 5.38. The summed E-state index contributed by atoms with van der Waals surface area (Å²) >= 11 is 0. The number of hydrogen-bond donors (Lipinski definition) is 0. The smallest absolute Gasteiger partial charge is 0.299 e. The number of aryl methyl sites for hydroxylation is 2. The second-order valence-electron chi connectivity index (χ2n) is 4.15. The van der Waals surface area contributed by atoms with Crippen molar-refractivity contribution in [1.29, 1.82) is 0 Å². The minimum atomic E-state index is -0.193. The van der Waals surface area contributed by atoms with Gasteiger partial charge in [0.1, 0.15) is 6.10 Å². The van der Waals surface area contributed by atoms with Crippen LogP contribution in [0.5, 0.6) is 6.01 Å². The van der Waals surface area contributed by atoms with Gasteiger partial charge in [-0.25, -0.2) is 0 Å². The molecule has 82 valence electrons. The Labute approximate surface area is 88.9 Å². The van der Waals surface area contributed by atoms with Gasteiger partial charge >= 0.3 is 0 Å². The van der Waals surface area contributed by atoms with Gasteiger partial charge in [-0.1, -0.05) is 0 Å². The molecule has 0 unspecified atom stereocenters. The maximum absolute atomic E-state index is 11.4. The van der Waals surface area contributed by atoms with Gasteiger partial charge in [-0.3, -0.25) is 4.79 Å². The van der Waals surface area contributed by atoms with Crippen LogP contribution in [-0.4, -0.2) is 15.7 Å². The van der Waals surface area contributed by atoms with Crippen LogP contribution >= 0.6 is 0 Å². The molecule has 1 fully saturated rings. The Morgan fingerprint density at radius 3 is 2.80 bits per heavy atom. The average molecular weight is 208 g/mol. The van der Waals surface area contributed by atoms with Gasteiger partial charge in [0, 0.05) is 18.8 Å². The van der Waals surface area contributed by atoms with Crippen LogP contribution in [0.3, 0.4) is 0 Å². The molecule has 4 nitrogen and oxygen atoms in total. The van der Waals surface area contributed by atoms with E-state index in [1.165, 1.54) is 12.8 Å². The van der Waals surface area contributed by atoms with Crippen molar-refractivity contribution in [3.8, 4) is 6.01 Å². The zero-order valence-electron chi connectivity index (χ0n) is 9.19. The van der Waals surface area contributed by atoms with E-state index in [9.17, 15) is 4.79 Å². The quantitative estimate of drug-likeness (QED) is 0.738. The highest BCUT2D eigenvalue weighted by Gasteiger charge is 2.18. The second kappa shape index (κ2) is 4.04. The third kappa shape index (κ3) is 2.19. The second-order valence-corrected chi connectivity index (χ2v) is 4.15. The first-order valence-electron chi connectivity index (χ1n) is 5.38. The van der Waals surface area contributed by atoms with E-state index in [4.69, 9.17) is 4.74 Å². The average Bonchev–Trinajstić information content (AvgIpc) is 2.67. The number of hydrogen-bond acceptors (Lipinski definition) is 3. The molecule has 0 saturated heterocycles. The van der Waals surface area contributed by atoms with Gasteiger partial charge in [-0.05, 0) is 32.6 Å². The lowest BCUT2D eigenvalue weighted by Crippen LogP contribution is -2.21. The van der Waals surface area contributed by atoms with E-state index in [1.807, 2.05) is 7.05 Å². The van der Waals surface area contributed by atoms with Gasteiger partial charge in [0.05, 0.1) is 0 Å². The lowest BCUT2D eigenvalue weighted by Gasteiger charge is -2.14. The molecule has 15 heavy (non-hydrogen) atoms. The van der Waals surface area contributed by atoms with Crippen molar-refractivity contribution in [2.24, 2.45) is 7.05 Å². The normalized spacial score (nSPS) is 16.9. The van der Waals surface area contributed by atoms with Crippen LogP contribution in [0, 0.1) is 6.92 Å². The topological polar surface area (TPSA) is 44.1 Å². The summed E-state index contributed by atoms with van der Waals surface area (Å²) in [5.41, 5.74) is 0.456. The molecule has 0 spiro atoms. The van der Waals surface area contributed by atoms with Crippen molar-refractivity contribution < 1.29 is 4.74 Å². The van der Waals surface area contributed by atoms with Gasteiger partial charge < -0.3 is 9.30 Å². The van der Waals surface area contributed by atoms with E-state index in [-0.39, 0.29) is 11.7 Å². The molecule has 0 N–H and O–H groups in total. The molecule has 0 radical (unpaired) electrons. The van der Waals surface area contributed by atoms with Crippen molar-refractivity contribution in [3.05, 3.63) is 22.1 Å². The fraction of sp³-hybridized carbons (Fsp3) is 0.636. The van der Waals surface area contributed by atoms with Crippen LogP contribution in [0.1, 0.15) is 31.2 Å². The molecule has 1 saturated carbocycles. The Kier molecular flexibility index (Phi) is 2.75. The third-order valence-corrected chi connectivity index (χ3v) is 2.80. The van der Waals surface area contributed by atoms with E-state index in [0.717, 1.165) is 12.8 Å². The van der Waals surface area contributed by atoms with Gasteiger partial charge in [0.2, 0.25) is 0 Å². The number of rotatable bonds is 2. The molecule has 1 heterocycles. The lowest BCUT2D eigenvalue weighted by atomic mass is 10.3. The maximum atomic E-state index is 11.4. The Bertz CT molecular complexity index is 406.